The first kappa shape index (κ1) is 14.0. The average Bonchev–Trinajstić information content (AvgIpc) is 3.07. The fourth-order valence-electron chi connectivity index (χ4n) is 2.07. The van der Waals surface area contributed by atoms with Crippen LogP contribution in [0.1, 0.15) is 27.3 Å². The van der Waals surface area contributed by atoms with Crippen molar-refractivity contribution in [3.8, 4) is 0 Å². The molecule has 5 nitrogen and oxygen atoms in total. The Morgan fingerprint density at radius 2 is 1.77 bits per heavy atom. The first-order valence-corrected chi connectivity index (χ1v) is 6.95. The zero-order valence-corrected chi connectivity index (χ0v) is 11.9. The molecular formula is C17H15N3O2. The van der Waals surface area contributed by atoms with Crippen LogP contribution in [0.25, 0.3) is 0 Å². The topological polar surface area (TPSA) is 67.9 Å². The highest BCUT2D eigenvalue weighted by molar-refractivity contribution is 5.89. The maximum atomic E-state index is 12.0. The summed E-state index contributed by atoms with van der Waals surface area (Å²) in [5, 5.41) is 6.62. The van der Waals surface area contributed by atoms with E-state index in [4.69, 9.17) is 4.74 Å². The van der Waals surface area contributed by atoms with Crippen LogP contribution in [0.4, 0.5) is 0 Å². The number of carbonyl (C=O) groups excluding carboxylic acids is 1. The van der Waals surface area contributed by atoms with Crippen molar-refractivity contribution in [1.82, 2.24) is 15.2 Å². The van der Waals surface area contributed by atoms with Gasteiger partial charge in [0.15, 0.2) is 0 Å². The number of ether oxygens (including phenoxy) is 1. The number of nitrogens with zero attached hydrogens (tertiary/aromatic N) is 2. The molecule has 3 rings (SSSR count). The van der Waals surface area contributed by atoms with E-state index in [0.717, 1.165) is 17.0 Å². The molecular weight excluding hydrogens is 278 g/mol. The van der Waals surface area contributed by atoms with Crippen LogP contribution in [-0.2, 0) is 17.8 Å². The number of aromatic nitrogens is 3. The summed E-state index contributed by atoms with van der Waals surface area (Å²) in [4.78, 5) is 16.1. The van der Waals surface area contributed by atoms with Gasteiger partial charge in [-0.3, -0.25) is 5.10 Å². The Kier molecular flexibility index (Phi) is 4.25. The lowest BCUT2D eigenvalue weighted by molar-refractivity contribution is 0.0472. The maximum absolute atomic E-state index is 12.0. The van der Waals surface area contributed by atoms with E-state index >= 15 is 0 Å². The molecule has 0 atom stereocenters. The van der Waals surface area contributed by atoms with E-state index in [1.165, 1.54) is 6.33 Å². The number of carbonyl (C=O) groups is 1. The summed E-state index contributed by atoms with van der Waals surface area (Å²) in [6.45, 7) is 0.277. The SMILES string of the molecule is O=C(OCc1ccccc1)c1ccc(Cc2ncn[nH]2)cc1. The lowest BCUT2D eigenvalue weighted by atomic mass is 10.1. The summed E-state index contributed by atoms with van der Waals surface area (Å²) < 4.78 is 5.29. The molecule has 0 bridgehead atoms. The first-order chi connectivity index (χ1) is 10.8. The van der Waals surface area contributed by atoms with Crippen molar-refractivity contribution in [2.24, 2.45) is 0 Å². The number of rotatable bonds is 5. The molecule has 1 aromatic heterocycles. The highest BCUT2D eigenvalue weighted by Gasteiger charge is 2.08. The zero-order valence-electron chi connectivity index (χ0n) is 11.9. The van der Waals surface area contributed by atoms with Crippen molar-refractivity contribution in [3.63, 3.8) is 0 Å². The van der Waals surface area contributed by atoms with Gasteiger partial charge in [0.25, 0.3) is 0 Å². The fraction of sp³-hybridized carbons (Fsp3) is 0.118. The van der Waals surface area contributed by atoms with Crippen molar-refractivity contribution >= 4 is 5.97 Å². The number of benzene rings is 2. The molecule has 0 aliphatic rings. The Morgan fingerprint density at radius 3 is 2.45 bits per heavy atom. The molecule has 2 aromatic carbocycles. The smallest absolute Gasteiger partial charge is 0.338 e. The van der Waals surface area contributed by atoms with Gasteiger partial charge in [-0.15, -0.1) is 0 Å². The molecule has 22 heavy (non-hydrogen) atoms. The second-order valence-corrected chi connectivity index (χ2v) is 4.87. The number of nitrogens with one attached hydrogen (secondary N) is 1. The van der Waals surface area contributed by atoms with Gasteiger partial charge in [0.05, 0.1) is 5.56 Å². The molecule has 0 saturated heterocycles. The number of esters is 1. The van der Waals surface area contributed by atoms with Gasteiger partial charge in [0, 0.05) is 6.42 Å². The summed E-state index contributed by atoms with van der Waals surface area (Å²) in [7, 11) is 0. The van der Waals surface area contributed by atoms with Gasteiger partial charge >= 0.3 is 5.97 Å². The van der Waals surface area contributed by atoms with E-state index in [9.17, 15) is 4.79 Å². The predicted octanol–water partition coefficient (Wildman–Crippen LogP) is 2.75. The van der Waals surface area contributed by atoms with Crippen LogP contribution in [0.5, 0.6) is 0 Å². The van der Waals surface area contributed by atoms with Gasteiger partial charge in [-0.05, 0) is 23.3 Å². The van der Waals surface area contributed by atoms with E-state index in [-0.39, 0.29) is 12.6 Å². The lowest BCUT2D eigenvalue weighted by Gasteiger charge is -2.05. The monoisotopic (exact) mass is 293 g/mol. The third-order valence-corrected chi connectivity index (χ3v) is 3.24. The highest BCUT2D eigenvalue weighted by atomic mass is 16.5. The van der Waals surface area contributed by atoms with Crippen LogP contribution in [0.3, 0.4) is 0 Å². The van der Waals surface area contributed by atoms with E-state index in [2.05, 4.69) is 15.2 Å². The minimum Gasteiger partial charge on any atom is -0.457 e. The lowest BCUT2D eigenvalue weighted by Crippen LogP contribution is -2.05. The predicted molar refractivity (Wildman–Crippen MR) is 81.2 cm³/mol. The van der Waals surface area contributed by atoms with Gasteiger partial charge in [-0.1, -0.05) is 42.5 Å². The fourth-order valence-corrected chi connectivity index (χ4v) is 2.07. The summed E-state index contributed by atoms with van der Waals surface area (Å²) in [6.07, 6.45) is 2.13. The first-order valence-electron chi connectivity index (χ1n) is 6.95. The summed E-state index contributed by atoms with van der Waals surface area (Å²) in [5.74, 6) is 0.467. The molecule has 0 saturated carbocycles. The number of hydrogen-bond acceptors (Lipinski definition) is 4. The Morgan fingerprint density at radius 1 is 1.00 bits per heavy atom. The van der Waals surface area contributed by atoms with Gasteiger partial charge in [0.2, 0.25) is 0 Å². The molecule has 110 valence electrons. The second-order valence-electron chi connectivity index (χ2n) is 4.87. The number of hydrogen-bond donors (Lipinski definition) is 1. The number of H-pyrrole nitrogens is 1. The summed E-state index contributed by atoms with van der Waals surface area (Å²) in [6, 6.07) is 16.9. The standard InChI is InChI=1S/C17H15N3O2/c21-17(22-11-14-4-2-1-3-5-14)15-8-6-13(7-9-15)10-16-18-12-19-20-16/h1-9,12H,10-11H2,(H,18,19,20). The van der Waals surface area contributed by atoms with Crippen LogP contribution in [0.15, 0.2) is 60.9 Å². The minimum atomic E-state index is -0.324. The summed E-state index contributed by atoms with van der Waals surface area (Å²) in [5.41, 5.74) is 2.56. The van der Waals surface area contributed by atoms with Gasteiger partial charge in [-0.25, -0.2) is 9.78 Å². The van der Waals surface area contributed by atoms with Crippen molar-refractivity contribution in [3.05, 3.63) is 83.4 Å². The largest absolute Gasteiger partial charge is 0.457 e. The van der Waals surface area contributed by atoms with E-state index in [1.807, 2.05) is 42.5 Å². The molecule has 0 radical (unpaired) electrons. The molecule has 0 unspecified atom stereocenters. The summed E-state index contributed by atoms with van der Waals surface area (Å²) >= 11 is 0. The van der Waals surface area contributed by atoms with Crippen LogP contribution < -0.4 is 0 Å². The molecule has 0 aliphatic heterocycles. The molecule has 1 heterocycles. The Balaban J connectivity index is 1.59. The molecule has 3 aromatic rings. The van der Waals surface area contributed by atoms with Gasteiger partial charge in [0.1, 0.15) is 18.8 Å². The van der Waals surface area contributed by atoms with E-state index in [0.29, 0.717) is 12.0 Å². The molecule has 0 aliphatic carbocycles. The van der Waals surface area contributed by atoms with Crippen molar-refractivity contribution in [1.29, 1.82) is 0 Å². The van der Waals surface area contributed by atoms with Crippen molar-refractivity contribution in [2.45, 2.75) is 13.0 Å². The molecule has 0 spiro atoms. The van der Waals surface area contributed by atoms with Gasteiger partial charge < -0.3 is 4.74 Å². The highest BCUT2D eigenvalue weighted by Crippen LogP contribution is 2.10. The second kappa shape index (κ2) is 6.67. The molecule has 1 N–H and O–H groups in total. The van der Waals surface area contributed by atoms with E-state index in [1.54, 1.807) is 12.1 Å². The quantitative estimate of drug-likeness (QED) is 0.734. The van der Waals surface area contributed by atoms with Crippen LogP contribution in [-0.4, -0.2) is 21.2 Å². The zero-order chi connectivity index (χ0) is 15.2. The Labute approximate surface area is 128 Å². The van der Waals surface area contributed by atoms with Gasteiger partial charge in [-0.2, -0.15) is 5.10 Å². The third-order valence-electron chi connectivity index (χ3n) is 3.24. The normalized spacial score (nSPS) is 10.4. The van der Waals surface area contributed by atoms with Crippen LogP contribution in [0.2, 0.25) is 0 Å². The average molecular weight is 293 g/mol. The Bertz CT molecular complexity index is 722. The van der Waals surface area contributed by atoms with Crippen LogP contribution >= 0.6 is 0 Å². The number of aromatic amines is 1. The third kappa shape index (κ3) is 3.58. The minimum absolute atomic E-state index is 0.277. The molecule has 5 heteroatoms. The molecule has 0 amide bonds. The maximum Gasteiger partial charge on any atom is 0.338 e. The van der Waals surface area contributed by atoms with Crippen molar-refractivity contribution in [2.75, 3.05) is 0 Å². The molecule has 0 fully saturated rings. The van der Waals surface area contributed by atoms with Crippen molar-refractivity contribution < 1.29 is 9.53 Å². The Hall–Kier alpha value is -2.95. The van der Waals surface area contributed by atoms with Crippen LogP contribution in [0, 0.1) is 0 Å². The van der Waals surface area contributed by atoms with E-state index < -0.39 is 0 Å².